The fraction of sp³-hybridized carbons (Fsp3) is 0.500. The Morgan fingerprint density at radius 2 is 2.11 bits per heavy atom. The maximum Gasteiger partial charge on any atom is 0.231 e. The van der Waals surface area contributed by atoms with Crippen LogP contribution in [-0.2, 0) is 12.0 Å². The van der Waals surface area contributed by atoms with E-state index in [9.17, 15) is 0 Å². The Kier molecular flexibility index (Phi) is 1.81. The molecular weight excluding hydrogens is 238 g/mol. The van der Waals surface area contributed by atoms with E-state index in [1.54, 1.807) is 0 Å². The summed E-state index contributed by atoms with van der Waals surface area (Å²) in [6.45, 7) is 2.66. The molecule has 1 saturated heterocycles. The molecule has 1 aliphatic carbocycles. The van der Waals surface area contributed by atoms with Gasteiger partial charge in [-0.1, -0.05) is 12.2 Å². The predicted molar refractivity (Wildman–Crippen MR) is 71.4 cm³/mol. The van der Waals surface area contributed by atoms with Crippen molar-refractivity contribution >= 4 is 0 Å². The van der Waals surface area contributed by atoms with Crippen LogP contribution >= 0.6 is 0 Å². The number of allylic oxidation sites excluding steroid dienone is 1. The van der Waals surface area contributed by atoms with E-state index in [-0.39, 0.29) is 5.41 Å². The number of hydrogen-bond donors (Lipinski definition) is 0. The van der Waals surface area contributed by atoms with Gasteiger partial charge in [-0.3, -0.25) is 4.90 Å². The van der Waals surface area contributed by atoms with Crippen molar-refractivity contribution in [1.29, 1.82) is 0 Å². The second kappa shape index (κ2) is 3.34. The Balaban J connectivity index is 1.76. The lowest BCUT2D eigenvalue weighted by Gasteiger charge is -2.44. The van der Waals surface area contributed by atoms with E-state index in [4.69, 9.17) is 9.47 Å². The van der Waals surface area contributed by atoms with E-state index >= 15 is 0 Å². The quantitative estimate of drug-likeness (QED) is 0.665. The molecule has 98 valence electrons. The molecule has 3 aliphatic heterocycles. The summed E-state index contributed by atoms with van der Waals surface area (Å²) in [5.74, 6) is 1.86. The molecule has 3 nitrogen and oxygen atoms in total. The van der Waals surface area contributed by atoms with E-state index in [1.165, 1.54) is 36.9 Å². The van der Waals surface area contributed by atoms with Crippen LogP contribution in [0.2, 0.25) is 0 Å². The van der Waals surface area contributed by atoms with Gasteiger partial charge >= 0.3 is 0 Å². The molecule has 3 atom stereocenters. The van der Waals surface area contributed by atoms with Gasteiger partial charge in [-0.05, 0) is 42.5 Å². The van der Waals surface area contributed by atoms with Crippen LogP contribution < -0.4 is 9.47 Å². The Morgan fingerprint density at radius 3 is 3.05 bits per heavy atom. The van der Waals surface area contributed by atoms with Crippen molar-refractivity contribution in [3.63, 3.8) is 0 Å². The van der Waals surface area contributed by atoms with E-state index in [0.29, 0.717) is 12.8 Å². The summed E-state index contributed by atoms with van der Waals surface area (Å²) in [6, 6.07) is 5.16. The fourth-order valence-corrected chi connectivity index (χ4v) is 4.52. The molecule has 0 aromatic heterocycles. The van der Waals surface area contributed by atoms with Crippen molar-refractivity contribution in [2.24, 2.45) is 0 Å². The molecule has 3 unspecified atom stereocenters. The molecule has 5 rings (SSSR count). The average molecular weight is 255 g/mol. The molecule has 0 saturated carbocycles. The Labute approximate surface area is 112 Å². The molecule has 1 aromatic carbocycles. The number of ether oxygens (including phenoxy) is 2. The SMILES string of the molecule is C1=CC23CCN(Cc4cc5c(cc42)OCO5)C3CC1. The van der Waals surface area contributed by atoms with Gasteiger partial charge in [-0.15, -0.1) is 0 Å². The fourth-order valence-electron chi connectivity index (χ4n) is 4.52. The molecule has 1 aromatic rings. The molecule has 0 N–H and O–H groups in total. The predicted octanol–water partition coefficient (Wildman–Crippen LogP) is 2.59. The first kappa shape index (κ1) is 10.3. The smallest absolute Gasteiger partial charge is 0.231 e. The van der Waals surface area contributed by atoms with Crippen molar-refractivity contribution in [2.75, 3.05) is 13.3 Å². The van der Waals surface area contributed by atoms with Crippen LogP contribution in [-0.4, -0.2) is 24.3 Å². The standard InChI is InChI=1S/C16H17NO2/c1-2-4-16-5-6-17(15(16)3-1)9-11-7-13-14(8-12(11)16)19-10-18-13/h2,4,7-8,15H,1,3,5-6,9-10H2. The third kappa shape index (κ3) is 1.17. The van der Waals surface area contributed by atoms with Gasteiger partial charge < -0.3 is 9.47 Å². The number of nitrogens with zero attached hydrogens (tertiary/aromatic N) is 1. The van der Waals surface area contributed by atoms with Gasteiger partial charge in [0.25, 0.3) is 0 Å². The highest BCUT2D eigenvalue weighted by atomic mass is 16.7. The van der Waals surface area contributed by atoms with E-state index in [2.05, 4.69) is 29.2 Å². The van der Waals surface area contributed by atoms with Gasteiger partial charge in [0.2, 0.25) is 6.79 Å². The van der Waals surface area contributed by atoms with Gasteiger partial charge in [0.05, 0.1) is 0 Å². The first-order valence-corrected chi connectivity index (χ1v) is 7.22. The highest BCUT2D eigenvalue weighted by molar-refractivity contribution is 5.55. The number of benzene rings is 1. The van der Waals surface area contributed by atoms with Crippen molar-refractivity contribution < 1.29 is 9.47 Å². The van der Waals surface area contributed by atoms with Crippen molar-refractivity contribution in [3.8, 4) is 11.5 Å². The van der Waals surface area contributed by atoms with Crippen LogP contribution in [0, 0.1) is 0 Å². The summed E-state index contributed by atoms with van der Waals surface area (Å²) in [5.41, 5.74) is 3.17. The third-order valence-electron chi connectivity index (χ3n) is 5.34. The second-order valence-corrected chi connectivity index (χ2v) is 6.12. The molecule has 3 heteroatoms. The molecule has 0 spiro atoms. The van der Waals surface area contributed by atoms with Gasteiger partial charge in [0.15, 0.2) is 11.5 Å². The summed E-state index contributed by atoms with van der Waals surface area (Å²) < 4.78 is 11.1. The molecule has 0 amide bonds. The van der Waals surface area contributed by atoms with Crippen LogP contribution in [0.25, 0.3) is 0 Å². The molecular formula is C16H17NO2. The lowest BCUT2D eigenvalue weighted by Crippen LogP contribution is -2.46. The van der Waals surface area contributed by atoms with Gasteiger partial charge in [0, 0.05) is 24.5 Å². The Bertz CT molecular complexity index is 595. The minimum absolute atomic E-state index is 0.243. The summed E-state index contributed by atoms with van der Waals surface area (Å²) in [7, 11) is 0. The first-order chi connectivity index (χ1) is 9.37. The van der Waals surface area contributed by atoms with Gasteiger partial charge in [-0.25, -0.2) is 0 Å². The normalized spacial score (nSPS) is 37.1. The lowest BCUT2D eigenvalue weighted by molar-refractivity contribution is 0.174. The third-order valence-corrected chi connectivity index (χ3v) is 5.34. The van der Waals surface area contributed by atoms with E-state index in [1.807, 2.05) is 0 Å². The van der Waals surface area contributed by atoms with Crippen molar-refractivity contribution in [3.05, 3.63) is 35.4 Å². The zero-order valence-electron chi connectivity index (χ0n) is 10.9. The van der Waals surface area contributed by atoms with Crippen LogP contribution in [0.15, 0.2) is 24.3 Å². The largest absolute Gasteiger partial charge is 0.454 e. The summed E-state index contributed by atoms with van der Waals surface area (Å²) in [4.78, 5) is 2.66. The first-order valence-electron chi connectivity index (χ1n) is 7.22. The monoisotopic (exact) mass is 255 g/mol. The van der Waals surface area contributed by atoms with Gasteiger partial charge in [-0.2, -0.15) is 0 Å². The molecule has 1 fully saturated rings. The minimum atomic E-state index is 0.243. The number of fused-ring (bicyclic) bond motifs is 2. The molecule has 19 heavy (non-hydrogen) atoms. The highest BCUT2D eigenvalue weighted by Crippen LogP contribution is 2.53. The number of rotatable bonds is 0. The summed E-state index contributed by atoms with van der Waals surface area (Å²) in [6.07, 6.45) is 8.62. The Hall–Kier alpha value is -1.48. The zero-order valence-corrected chi connectivity index (χ0v) is 10.9. The van der Waals surface area contributed by atoms with Crippen LogP contribution in [0.1, 0.15) is 30.4 Å². The maximum atomic E-state index is 5.59. The molecule has 4 aliphatic rings. The van der Waals surface area contributed by atoms with Gasteiger partial charge in [0.1, 0.15) is 0 Å². The average Bonchev–Trinajstić information content (AvgIpc) is 3.00. The highest BCUT2D eigenvalue weighted by Gasteiger charge is 2.51. The van der Waals surface area contributed by atoms with Crippen LogP contribution in [0.4, 0.5) is 0 Å². The molecule has 0 radical (unpaired) electrons. The van der Waals surface area contributed by atoms with Crippen molar-refractivity contribution in [2.45, 2.75) is 37.3 Å². The number of hydrogen-bond acceptors (Lipinski definition) is 3. The lowest BCUT2D eigenvalue weighted by atomic mass is 9.67. The molecule has 2 bridgehead atoms. The summed E-state index contributed by atoms with van der Waals surface area (Å²) in [5, 5.41) is 0. The van der Waals surface area contributed by atoms with Crippen LogP contribution in [0.5, 0.6) is 11.5 Å². The maximum absolute atomic E-state index is 5.59. The van der Waals surface area contributed by atoms with E-state index < -0.39 is 0 Å². The topological polar surface area (TPSA) is 21.7 Å². The minimum Gasteiger partial charge on any atom is -0.454 e. The van der Waals surface area contributed by atoms with Crippen molar-refractivity contribution in [1.82, 2.24) is 4.90 Å². The van der Waals surface area contributed by atoms with E-state index in [0.717, 1.165) is 18.0 Å². The second-order valence-electron chi connectivity index (χ2n) is 6.12. The summed E-state index contributed by atoms with van der Waals surface area (Å²) >= 11 is 0. The van der Waals surface area contributed by atoms with Crippen LogP contribution in [0.3, 0.4) is 0 Å². The Morgan fingerprint density at radius 1 is 1.21 bits per heavy atom. The molecule has 3 heterocycles. The zero-order chi connectivity index (χ0) is 12.4.